The van der Waals surface area contributed by atoms with E-state index in [1.807, 2.05) is 38.7 Å². The number of hydrogen-bond donors (Lipinski definition) is 0. The lowest BCUT2D eigenvalue weighted by molar-refractivity contribution is -0.127. The van der Waals surface area contributed by atoms with Gasteiger partial charge in [-0.3, -0.25) is 9.78 Å². The van der Waals surface area contributed by atoms with Gasteiger partial charge in [0.2, 0.25) is 5.91 Å². The summed E-state index contributed by atoms with van der Waals surface area (Å²) in [5, 5.41) is 0.722. The largest absolute Gasteiger partial charge is 0.355 e. The number of piperazine rings is 1. The van der Waals surface area contributed by atoms with Crippen LogP contribution in [0.25, 0.3) is 34.1 Å². The lowest BCUT2D eigenvalue weighted by atomic mass is 9.97. The Bertz CT molecular complexity index is 1850. The van der Waals surface area contributed by atoms with Crippen molar-refractivity contribution in [3.05, 3.63) is 93.9 Å². The van der Waals surface area contributed by atoms with Gasteiger partial charge in [-0.15, -0.1) is 0 Å². The maximum absolute atomic E-state index is 15.5. The van der Waals surface area contributed by atoms with Crippen LogP contribution in [0.5, 0.6) is 0 Å². The summed E-state index contributed by atoms with van der Waals surface area (Å²) in [6.07, 6.45) is 4.61. The Morgan fingerprint density at radius 3 is 2.36 bits per heavy atom. The van der Waals surface area contributed by atoms with Crippen LogP contribution in [-0.2, 0) is 4.79 Å². The third kappa shape index (κ3) is 5.65. The van der Waals surface area contributed by atoms with E-state index in [1.165, 1.54) is 16.7 Å². The van der Waals surface area contributed by atoms with Gasteiger partial charge in [-0.05, 0) is 61.1 Å². The first-order chi connectivity index (χ1) is 21.4. The van der Waals surface area contributed by atoms with Crippen molar-refractivity contribution in [2.75, 3.05) is 18.0 Å². The maximum atomic E-state index is 15.5. The molecule has 1 aliphatic heterocycles. The third-order valence-electron chi connectivity index (χ3n) is 8.33. The van der Waals surface area contributed by atoms with Crippen molar-refractivity contribution in [3.63, 3.8) is 0 Å². The van der Waals surface area contributed by atoms with E-state index in [1.54, 1.807) is 35.4 Å². The molecule has 1 saturated heterocycles. The van der Waals surface area contributed by atoms with E-state index in [2.05, 4.69) is 37.0 Å². The van der Waals surface area contributed by atoms with Crippen LogP contribution in [-0.4, -0.2) is 55.5 Å². The molecule has 10 heteroatoms. The van der Waals surface area contributed by atoms with E-state index in [4.69, 9.17) is 16.6 Å². The number of fused-ring (bicyclic) bond motifs is 1. The number of carbonyl (C=O) groups excluding carboxylic acids is 1. The lowest BCUT2D eigenvalue weighted by Crippen LogP contribution is -2.58. The summed E-state index contributed by atoms with van der Waals surface area (Å²) >= 11 is 6.93. The molecule has 4 aromatic rings. The van der Waals surface area contributed by atoms with Crippen molar-refractivity contribution in [1.29, 1.82) is 0 Å². The van der Waals surface area contributed by atoms with Crippen LogP contribution in [0.1, 0.15) is 70.2 Å². The molecular formula is C35H38ClFN6O2. The van der Waals surface area contributed by atoms with Crippen molar-refractivity contribution in [2.45, 2.75) is 65.5 Å². The number of hydrogen-bond acceptors (Lipinski definition) is 6. The molecule has 2 atom stereocenters. The first-order valence-electron chi connectivity index (χ1n) is 15.1. The molecule has 0 spiro atoms. The van der Waals surface area contributed by atoms with Gasteiger partial charge in [0.05, 0.1) is 27.5 Å². The smallest absolute Gasteiger partial charge is 0.347 e. The highest BCUT2D eigenvalue weighted by Crippen LogP contribution is 2.39. The van der Waals surface area contributed by atoms with Gasteiger partial charge in [-0.2, -0.15) is 4.98 Å². The van der Waals surface area contributed by atoms with E-state index >= 15 is 4.39 Å². The highest BCUT2D eigenvalue weighted by atomic mass is 35.5. The number of rotatable bonds is 7. The van der Waals surface area contributed by atoms with Crippen LogP contribution >= 0.6 is 11.6 Å². The SMILES string of the molecule is C=CC(=O)N1C[C@H](C)N(c2nc(=O)n(-c3c(C(C)C)ccnc3C(C)C)c3nc(-c4c(F)cccc4C=C)c(Cl)cc23)[C@@H](C)C1. The molecule has 0 N–H and O–H groups in total. The molecule has 0 aliphatic carbocycles. The van der Waals surface area contributed by atoms with Crippen LogP contribution in [0.15, 0.2) is 60.6 Å². The summed E-state index contributed by atoms with van der Waals surface area (Å²) < 4.78 is 17.0. The maximum Gasteiger partial charge on any atom is 0.355 e. The normalized spacial score (nSPS) is 16.9. The van der Waals surface area contributed by atoms with Crippen molar-refractivity contribution in [2.24, 2.45) is 0 Å². The van der Waals surface area contributed by atoms with E-state index < -0.39 is 11.5 Å². The van der Waals surface area contributed by atoms with Crippen molar-refractivity contribution < 1.29 is 9.18 Å². The van der Waals surface area contributed by atoms with Crippen LogP contribution in [0.3, 0.4) is 0 Å². The summed E-state index contributed by atoms with van der Waals surface area (Å²) in [7, 11) is 0. The average Bonchev–Trinajstić information content (AvgIpc) is 2.99. The third-order valence-corrected chi connectivity index (χ3v) is 8.62. The number of nitrogens with zero attached hydrogens (tertiary/aromatic N) is 6. The molecule has 8 nitrogen and oxygen atoms in total. The average molecular weight is 629 g/mol. The Morgan fingerprint density at radius 2 is 1.76 bits per heavy atom. The highest BCUT2D eigenvalue weighted by molar-refractivity contribution is 6.34. The van der Waals surface area contributed by atoms with Crippen LogP contribution in [0.4, 0.5) is 10.2 Å². The number of amides is 1. The summed E-state index contributed by atoms with van der Waals surface area (Å²) in [5.74, 6) is -0.249. The molecule has 1 amide bonds. The van der Waals surface area contributed by atoms with Gasteiger partial charge in [-0.25, -0.2) is 18.7 Å². The molecule has 5 rings (SSSR count). The number of halogens is 2. The van der Waals surface area contributed by atoms with Crippen molar-refractivity contribution in [3.8, 4) is 16.9 Å². The predicted molar refractivity (Wildman–Crippen MR) is 180 cm³/mol. The molecule has 1 fully saturated rings. The van der Waals surface area contributed by atoms with Crippen LogP contribution in [0.2, 0.25) is 5.02 Å². The molecule has 1 aliphatic rings. The Balaban J connectivity index is 1.90. The molecule has 4 heterocycles. The number of pyridine rings is 2. The number of carbonyl (C=O) groups is 1. The first-order valence-corrected chi connectivity index (χ1v) is 15.5. The second-order valence-electron chi connectivity index (χ2n) is 12.1. The van der Waals surface area contributed by atoms with Gasteiger partial charge in [0.25, 0.3) is 0 Å². The van der Waals surface area contributed by atoms with Gasteiger partial charge in [0, 0.05) is 36.9 Å². The zero-order valence-corrected chi connectivity index (χ0v) is 27.3. The second kappa shape index (κ2) is 12.6. The standard InChI is InChI=1S/C35H38ClFN6O2/c1-9-23-12-11-13-27(37)29(23)31-26(36)16-25-33(39-31)43(32-24(19(3)4)14-15-38-30(32)20(5)6)35(45)40-34(25)42-21(7)17-41(18-22(42)8)28(44)10-2/h9-16,19-22H,1-2,17-18H2,3-8H3/t21-,22-/m0/s1. The van der Waals surface area contributed by atoms with Gasteiger partial charge >= 0.3 is 5.69 Å². The number of benzene rings is 1. The Kier molecular flexibility index (Phi) is 8.94. The first kappa shape index (κ1) is 32.0. The van der Waals surface area contributed by atoms with Crippen LogP contribution in [0, 0.1) is 5.82 Å². The Hall–Kier alpha value is -4.37. The van der Waals surface area contributed by atoms with E-state index in [0.717, 1.165) is 5.56 Å². The molecule has 234 valence electrons. The molecule has 3 aromatic heterocycles. The van der Waals surface area contributed by atoms with Crippen molar-refractivity contribution in [1.82, 2.24) is 24.4 Å². The van der Waals surface area contributed by atoms with Gasteiger partial charge in [0.15, 0.2) is 5.65 Å². The second-order valence-corrected chi connectivity index (χ2v) is 12.6. The fraction of sp³-hybridized carbons (Fsp3) is 0.343. The topological polar surface area (TPSA) is 84.2 Å². The molecule has 1 aromatic carbocycles. The molecule has 0 unspecified atom stereocenters. The minimum Gasteiger partial charge on any atom is -0.347 e. The highest BCUT2D eigenvalue weighted by Gasteiger charge is 2.35. The lowest BCUT2D eigenvalue weighted by Gasteiger charge is -2.45. The molecule has 0 saturated carbocycles. The number of anilines is 1. The minimum atomic E-state index is -0.545. The summed E-state index contributed by atoms with van der Waals surface area (Å²) in [5.41, 5.74) is 2.86. The Labute approximate surface area is 267 Å². The summed E-state index contributed by atoms with van der Waals surface area (Å²) in [6.45, 7) is 20.4. The van der Waals surface area contributed by atoms with E-state index in [0.29, 0.717) is 41.2 Å². The Morgan fingerprint density at radius 1 is 1.07 bits per heavy atom. The van der Waals surface area contributed by atoms with Gasteiger partial charge in [-0.1, -0.05) is 70.7 Å². The minimum absolute atomic E-state index is 0.0263. The summed E-state index contributed by atoms with van der Waals surface area (Å²) in [4.78, 5) is 45.0. The van der Waals surface area contributed by atoms with Gasteiger partial charge < -0.3 is 9.80 Å². The zero-order chi connectivity index (χ0) is 32.7. The predicted octanol–water partition coefficient (Wildman–Crippen LogP) is 7.14. The molecule has 45 heavy (non-hydrogen) atoms. The number of aromatic nitrogens is 4. The fourth-order valence-corrected chi connectivity index (χ4v) is 6.55. The summed E-state index contributed by atoms with van der Waals surface area (Å²) in [6, 6.07) is 7.90. The van der Waals surface area contributed by atoms with Crippen molar-refractivity contribution >= 4 is 40.4 Å². The quantitative estimate of drug-likeness (QED) is 0.202. The zero-order valence-electron chi connectivity index (χ0n) is 26.5. The van der Waals surface area contributed by atoms with Crippen LogP contribution < -0.4 is 10.6 Å². The van der Waals surface area contributed by atoms with Gasteiger partial charge in [0.1, 0.15) is 11.6 Å². The molecule has 0 radical (unpaired) electrons. The van der Waals surface area contributed by atoms with E-state index in [-0.39, 0.29) is 51.8 Å². The fourth-order valence-electron chi connectivity index (χ4n) is 6.31. The molecule has 0 bridgehead atoms. The monoisotopic (exact) mass is 628 g/mol. The molecular weight excluding hydrogens is 591 g/mol. The van der Waals surface area contributed by atoms with E-state index in [9.17, 15) is 9.59 Å².